The summed E-state index contributed by atoms with van der Waals surface area (Å²) in [4.78, 5) is 30.5. The maximum absolute atomic E-state index is 15.6. The molecule has 4 heterocycles. The molecule has 3 aromatic heterocycles. The van der Waals surface area contributed by atoms with Crippen molar-refractivity contribution in [1.29, 1.82) is 0 Å². The van der Waals surface area contributed by atoms with Crippen molar-refractivity contribution in [1.82, 2.24) is 34.8 Å². The van der Waals surface area contributed by atoms with Crippen molar-refractivity contribution in [2.45, 2.75) is 81.8 Å². The summed E-state index contributed by atoms with van der Waals surface area (Å²) in [6, 6.07) is 12.1. The first-order valence-corrected chi connectivity index (χ1v) is 23.2. The monoisotopic (exact) mass is 936 g/mol. The number of carbonyl (C=O) groups excluding carboxylic acids is 1. The average molecular weight is 937 g/mol. The molecule has 1 amide bonds. The fraction of sp³-hybridized carbons (Fsp3) is 0.364. The Kier molecular flexibility index (Phi) is 10.5. The van der Waals surface area contributed by atoms with Gasteiger partial charge < -0.3 is 10.2 Å². The zero-order valence-corrected chi connectivity index (χ0v) is 36.2. The fourth-order valence-corrected chi connectivity index (χ4v) is 10.5. The Balaban J connectivity index is 1.11. The van der Waals surface area contributed by atoms with E-state index >= 15 is 8.78 Å². The largest absolute Gasteiger partial charge is 0.344 e. The van der Waals surface area contributed by atoms with Gasteiger partial charge in [-0.2, -0.15) is 19.0 Å². The maximum atomic E-state index is 15.6. The number of aryl methyl sites for hydroxylation is 1. The highest BCUT2D eigenvalue weighted by Gasteiger charge is 2.67. The van der Waals surface area contributed by atoms with Crippen LogP contribution in [0.1, 0.15) is 84.3 Å². The number of benzene rings is 3. The molecule has 3 atom stereocenters. The highest BCUT2D eigenvalue weighted by Crippen LogP contribution is 2.68. The molecule has 2 saturated carbocycles. The average Bonchev–Trinajstić information content (AvgIpc) is 3.47. The second-order valence-corrected chi connectivity index (χ2v) is 19.3. The minimum Gasteiger partial charge on any atom is -0.344 e. The normalized spacial score (nSPS) is 19.3. The van der Waals surface area contributed by atoms with E-state index in [9.17, 15) is 30.8 Å². The number of anilines is 2. The van der Waals surface area contributed by atoms with Gasteiger partial charge in [0.1, 0.15) is 41.2 Å². The smallest absolute Gasteiger partial charge is 0.293 e. The summed E-state index contributed by atoms with van der Waals surface area (Å²) in [6.07, 6.45) is 3.38. The minimum absolute atomic E-state index is 0.0298. The van der Waals surface area contributed by atoms with E-state index in [1.807, 2.05) is 18.2 Å². The first kappa shape index (κ1) is 42.9. The maximum Gasteiger partial charge on any atom is 0.293 e. The standard InChI is InChI=1S/C44H39ClF6N10O3S/c1-59-38-33(10-9-29(45)36(38)42(57-59)58-65(2,63)64)60-19-24-8-7-23(30-11-12-52-41(54-30)22-5-3-4-6-22)16-31(24)55-43(60)32(15-21-13-25(46)17-26(47)14-21)53-34(62)20-61-39-35(37(56-61)40(48)49)27-18-28(27)44(39,50)51/h7-14,16-17,22,27-28,32,40H,3-6,15,18-20H2,1-2H3,(H,53,62)(H,57,58)/t27-,28+,32-/m0/s1. The third-order valence-electron chi connectivity index (χ3n) is 12.6. The van der Waals surface area contributed by atoms with Gasteiger partial charge in [0.15, 0.2) is 5.82 Å². The highest BCUT2D eigenvalue weighted by atomic mass is 35.5. The lowest BCUT2D eigenvalue weighted by Gasteiger charge is -2.36. The first-order chi connectivity index (χ1) is 30.9. The van der Waals surface area contributed by atoms with Crippen molar-refractivity contribution < 1.29 is 39.6 Å². The zero-order valence-electron chi connectivity index (χ0n) is 34.7. The zero-order chi connectivity index (χ0) is 45.7. The quantitative estimate of drug-likeness (QED) is 0.116. The number of aliphatic imine (C=N–C) groups is 1. The predicted molar refractivity (Wildman–Crippen MR) is 230 cm³/mol. The number of rotatable bonds is 12. The number of hydrogen-bond donors (Lipinski definition) is 2. The van der Waals surface area contributed by atoms with Crippen LogP contribution in [0.3, 0.4) is 0 Å². The van der Waals surface area contributed by atoms with Crippen LogP contribution >= 0.6 is 11.6 Å². The third kappa shape index (κ3) is 7.87. The van der Waals surface area contributed by atoms with Crippen LogP contribution in [0, 0.1) is 17.6 Å². The molecule has 3 aliphatic carbocycles. The lowest BCUT2D eigenvalue weighted by atomic mass is 9.99. The minimum atomic E-state index is -3.84. The van der Waals surface area contributed by atoms with Gasteiger partial charge in [-0.3, -0.25) is 18.9 Å². The number of fused-ring (bicyclic) bond motifs is 5. The molecule has 10 rings (SSSR count). The second kappa shape index (κ2) is 15.9. The summed E-state index contributed by atoms with van der Waals surface area (Å²) in [5.41, 5.74) is 1.52. The Bertz CT molecular complexity index is 3060. The molecular formula is C44H39ClF6N10O3S. The number of alkyl halides is 4. The van der Waals surface area contributed by atoms with E-state index in [-0.39, 0.29) is 58.5 Å². The fourth-order valence-electron chi connectivity index (χ4n) is 9.73. The lowest BCUT2D eigenvalue weighted by molar-refractivity contribution is -0.122. The van der Waals surface area contributed by atoms with Crippen molar-refractivity contribution >= 4 is 61.5 Å². The van der Waals surface area contributed by atoms with Crippen molar-refractivity contribution in [2.75, 3.05) is 15.9 Å². The number of sulfonamides is 1. The molecule has 2 N–H and O–H groups in total. The molecule has 338 valence electrons. The molecule has 1 aliphatic heterocycles. The molecule has 0 bridgehead atoms. The summed E-state index contributed by atoms with van der Waals surface area (Å²) in [6.45, 7) is -0.831. The highest BCUT2D eigenvalue weighted by molar-refractivity contribution is 7.92. The number of amidine groups is 1. The van der Waals surface area contributed by atoms with Gasteiger partial charge in [-0.05, 0) is 72.7 Å². The van der Waals surface area contributed by atoms with Crippen LogP contribution in [0.5, 0.6) is 0 Å². The Labute approximate surface area is 373 Å². The van der Waals surface area contributed by atoms with Gasteiger partial charge in [-0.15, -0.1) is 0 Å². The number of aromatic nitrogens is 6. The Morgan fingerprint density at radius 3 is 2.49 bits per heavy atom. The van der Waals surface area contributed by atoms with E-state index in [4.69, 9.17) is 21.6 Å². The summed E-state index contributed by atoms with van der Waals surface area (Å²) >= 11 is 6.72. The van der Waals surface area contributed by atoms with Crippen LogP contribution in [0.4, 0.5) is 43.5 Å². The van der Waals surface area contributed by atoms with E-state index in [0.717, 1.165) is 49.9 Å². The Hall–Kier alpha value is -6.02. The number of halogens is 7. The van der Waals surface area contributed by atoms with Gasteiger partial charge in [0.25, 0.3) is 12.3 Å². The second-order valence-electron chi connectivity index (χ2n) is 17.1. The van der Waals surface area contributed by atoms with Gasteiger partial charge in [0.05, 0.1) is 51.8 Å². The van der Waals surface area contributed by atoms with Crippen LogP contribution in [-0.4, -0.2) is 62.0 Å². The summed E-state index contributed by atoms with van der Waals surface area (Å²) in [5, 5.41) is 11.4. The molecule has 4 aliphatic rings. The van der Waals surface area contributed by atoms with Crippen LogP contribution < -0.4 is 14.9 Å². The number of nitrogens with one attached hydrogen (secondary N) is 2. The molecule has 2 fully saturated rings. The van der Waals surface area contributed by atoms with Gasteiger partial charge in [-0.1, -0.05) is 36.6 Å². The lowest BCUT2D eigenvalue weighted by Crippen LogP contribution is -2.51. The molecule has 0 saturated heterocycles. The van der Waals surface area contributed by atoms with E-state index in [2.05, 4.69) is 25.2 Å². The molecule has 6 aromatic rings. The van der Waals surface area contributed by atoms with Crippen LogP contribution in [0.25, 0.3) is 22.2 Å². The molecule has 0 spiro atoms. The number of amides is 1. The Morgan fingerprint density at radius 2 is 1.77 bits per heavy atom. The topological polar surface area (TPSA) is 152 Å². The van der Waals surface area contributed by atoms with Crippen LogP contribution in [0.15, 0.2) is 65.8 Å². The van der Waals surface area contributed by atoms with Crippen LogP contribution in [0.2, 0.25) is 5.02 Å². The van der Waals surface area contributed by atoms with E-state index < -0.39 is 75.7 Å². The van der Waals surface area contributed by atoms with Crippen molar-refractivity contribution in [3.63, 3.8) is 0 Å². The number of carbonyl (C=O) groups is 1. The molecule has 65 heavy (non-hydrogen) atoms. The van der Waals surface area contributed by atoms with Crippen molar-refractivity contribution in [3.05, 3.63) is 111 Å². The number of hydrogen-bond acceptors (Lipinski definition) is 9. The molecule has 0 radical (unpaired) electrons. The molecule has 3 aromatic carbocycles. The van der Waals surface area contributed by atoms with Crippen molar-refractivity contribution in [2.24, 2.45) is 18.0 Å². The molecule has 13 nitrogen and oxygen atoms in total. The molecular weight excluding hydrogens is 898 g/mol. The van der Waals surface area contributed by atoms with E-state index in [1.165, 1.54) is 10.7 Å². The van der Waals surface area contributed by atoms with Crippen molar-refractivity contribution in [3.8, 4) is 11.3 Å². The first-order valence-electron chi connectivity index (χ1n) is 20.9. The van der Waals surface area contributed by atoms with Gasteiger partial charge in [-0.25, -0.2) is 40.9 Å². The number of nitrogens with zero attached hydrogens (tertiary/aromatic N) is 8. The summed E-state index contributed by atoms with van der Waals surface area (Å²) in [7, 11) is -2.27. The van der Waals surface area contributed by atoms with Gasteiger partial charge in [0.2, 0.25) is 15.9 Å². The van der Waals surface area contributed by atoms with E-state index in [1.54, 1.807) is 30.3 Å². The SMILES string of the molecule is Cn1nc(NS(C)(=O)=O)c2c(Cl)ccc(N3Cc4ccc(-c5ccnc(C6CCCC6)n5)cc4N=C3[C@H](Cc3cc(F)cc(F)c3)NC(=O)Cn3nc(C(F)F)c4c3C(F)(F)[C@@H]3C[C@H]43)c21. The van der Waals surface area contributed by atoms with Crippen LogP contribution in [-0.2, 0) is 47.3 Å². The van der Waals surface area contributed by atoms with Gasteiger partial charge >= 0.3 is 0 Å². The molecule has 21 heteroatoms. The Morgan fingerprint density at radius 1 is 1.02 bits per heavy atom. The van der Waals surface area contributed by atoms with E-state index in [0.29, 0.717) is 44.5 Å². The molecule has 0 unspecified atom stereocenters. The predicted octanol–water partition coefficient (Wildman–Crippen LogP) is 8.81. The van der Waals surface area contributed by atoms with Gasteiger partial charge in [0, 0.05) is 48.7 Å². The summed E-state index contributed by atoms with van der Waals surface area (Å²) < 4.78 is 119. The summed E-state index contributed by atoms with van der Waals surface area (Å²) in [5.74, 6) is -7.18. The third-order valence-corrected chi connectivity index (χ3v) is 13.5.